The van der Waals surface area contributed by atoms with Crippen LogP contribution in [0.1, 0.15) is 58.1 Å². The first kappa shape index (κ1) is 19.9. The largest absolute Gasteiger partial charge is 0.478 e. The van der Waals surface area contributed by atoms with Crippen molar-refractivity contribution in [3.8, 4) is 5.75 Å². The second kappa shape index (κ2) is 7.63. The maximum atomic E-state index is 13.0. The Bertz CT molecular complexity index is 728. The van der Waals surface area contributed by atoms with Gasteiger partial charge in [0.15, 0.2) is 0 Å². The van der Waals surface area contributed by atoms with Gasteiger partial charge >= 0.3 is 0 Å². The summed E-state index contributed by atoms with van der Waals surface area (Å²) in [5.74, 6) is 1.13. The number of hydrogen-bond donors (Lipinski definition) is 0. The Morgan fingerprint density at radius 1 is 1.30 bits per heavy atom. The molecule has 0 radical (unpaired) electrons. The zero-order valence-corrected chi connectivity index (χ0v) is 17.2. The van der Waals surface area contributed by atoms with Crippen LogP contribution < -0.4 is 4.74 Å². The van der Waals surface area contributed by atoms with Crippen LogP contribution in [-0.2, 0) is 16.1 Å². The molecule has 0 N–H and O–H groups in total. The number of imide groups is 1. The Kier molecular flexibility index (Phi) is 5.61. The number of likely N-dealkylation sites (tertiary alicyclic amines) is 1. The molecule has 2 amide bonds. The summed E-state index contributed by atoms with van der Waals surface area (Å²) in [5, 5.41) is 0. The Morgan fingerprint density at radius 3 is 2.74 bits per heavy atom. The molecule has 0 bridgehead atoms. The summed E-state index contributed by atoms with van der Waals surface area (Å²) in [6, 6.07) is 6.13. The van der Waals surface area contributed by atoms with E-state index in [1.807, 2.05) is 17.0 Å². The third-order valence-corrected chi connectivity index (χ3v) is 6.11. The molecular weight excluding hydrogens is 340 g/mol. The minimum Gasteiger partial charge on any atom is -0.478 e. The van der Waals surface area contributed by atoms with Crippen LogP contribution in [0.15, 0.2) is 18.2 Å². The number of carbonyl (C=O) groups excluding carboxylic acids is 2. The minimum atomic E-state index is -0.223. The van der Waals surface area contributed by atoms with Gasteiger partial charge in [-0.3, -0.25) is 14.5 Å². The minimum absolute atomic E-state index is 0.0247. The summed E-state index contributed by atoms with van der Waals surface area (Å²) in [6.07, 6.45) is 2.37. The molecule has 0 aliphatic carbocycles. The van der Waals surface area contributed by atoms with Crippen LogP contribution in [0.4, 0.5) is 0 Å². The smallest absolute Gasteiger partial charge is 0.234 e. The molecule has 0 saturated carbocycles. The Hall–Kier alpha value is -1.88. The summed E-state index contributed by atoms with van der Waals surface area (Å²) < 4.78 is 5.81. The summed E-state index contributed by atoms with van der Waals surface area (Å²) >= 11 is 0. The summed E-state index contributed by atoms with van der Waals surface area (Å²) in [7, 11) is 0. The van der Waals surface area contributed by atoms with Crippen LogP contribution in [0, 0.1) is 24.2 Å². The van der Waals surface area contributed by atoms with E-state index in [1.165, 1.54) is 10.5 Å². The second-order valence-electron chi connectivity index (χ2n) is 8.98. The third kappa shape index (κ3) is 4.18. The fourth-order valence-electron chi connectivity index (χ4n) is 4.34. The highest BCUT2D eigenvalue weighted by atomic mass is 16.5. The van der Waals surface area contributed by atoms with Gasteiger partial charge in [0, 0.05) is 18.5 Å². The van der Waals surface area contributed by atoms with Crippen molar-refractivity contribution in [1.29, 1.82) is 0 Å². The average Bonchev–Trinajstić information content (AvgIpc) is 2.90. The van der Waals surface area contributed by atoms with E-state index >= 15 is 0 Å². The second-order valence-corrected chi connectivity index (χ2v) is 8.98. The molecular formula is C22H32N2O3. The SMILES string of the molecule is CCC(C)CC(C)(C)C1CC(=O)N(CN2COc3ccc(C)cc3C2)C1=O. The number of ether oxygens (including phenoxy) is 1. The molecule has 1 aromatic carbocycles. The first-order valence-electron chi connectivity index (χ1n) is 10.00. The molecule has 2 unspecified atom stereocenters. The van der Waals surface area contributed by atoms with Gasteiger partial charge in [0.05, 0.1) is 12.6 Å². The molecule has 0 aromatic heterocycles. The van der Waals surface area contributed by atoms with Crippen LogP contribution in [0.2, 0.25) is 0 Å². The molecule has 2 atom stereocenters. The molecule has 2 heterocycles. The molecule has 27 heavy (non-hydrogen) atoms. The van der Waals surface area contributed by atoms with Crippen molar-refractivity contribution < 1.29 is 14.3 Å². The summed E-state index contributed by atoms with van der Waals surface area (Å²) in [5.41, 5.74) is 2.12. The zero-order chi connectivity index (χ0) is 19.8. The van der Waals surface area contributed by atoms with Gasteiger partial charge in [0.25, 0.3) is 0 Å². The first-order chi connectivity index (χ1) is 12.7. The lowest BCUT2D eigenvalue weighted by Gasteiger charge is -2.34. The molecule has 2 aliphatic rings. The standard InChI is InChI=1S/C22H32N2O3/c1-6-15(2)11-22(4,5)18-10-20(25)24(21(18)26)13-23-12-17-9-16(3)7-8-19(17)27-14-23/h7-9,15,18H,6,10-14H2,1-5H3. The van der Waals surface area contributed by atoms with Gasteiger partial charge in [-0.05, 0) is 30.7 Å². The first-order valence-corrected chi connectivity index (χ1v) is 10.00. The number of benzene rings is 1. The van der Waals surface area contributed by atoms with E-state index in [9.17, 15) is 9.59 Å². The fourth-order valence-corrected chi connectivity index (χ4v) is 4.34. The number of carbonyl (C=O) groups is 2. The highest BCUT2D eigenvalue weighted by molar-refractivity contribution is 6.03. The van der Waals surface area contributed by atoms with Crippen molar-refractivity contribution in [3.63, 3.8) is 0 Å². The molecule has 1 aromatic rings. The number of rotatable bonds is 6. The Labute approximate surface area is 162 Å². The maximum Gasteiger partial charge on any atom is 0.234 e. The van der Waals surface area contributed by atoms with E-state index in [0.717, 1.165) is 24.2 Å². The van der Waals surface area contributed by atoms with Gasteiger partial charge in [-0.15, -0.1) is 0 Å². The van der Waals surface area contributed by atoms with Crippen LogP contribution in [0.3, 0.4) is 0 Å². The normalized spacial score (nSPS) is 22.0. The number of fused-ring (bicyclic) bond motifs is 1. The van der Waals surface area contributed by atoms with E-state index in [-0.39, 0.29) is 23.1 Å². The number of aryl methyl sites for hydroxylation is 1. The molecule has 0 spiro atoms. The summed E-state index contributed by atoms with van der Waals surface area (Å²) in [4.78, 5) is 29.1. The number of amides is 2. The van der Waals surface area contributed by atoms with Gasteiger partial charge in [-0.25, -0.2) is 4.90 Å². The van der Waals surface area contributed by atoms with Crippen LogP contribution in [0.5, 0.6) is 5.75 Å². The van der Waals surface area contributed by atoms with Crippen molar-refractivity contribution >= 4 is 11.8 Å². The molecule has 3 rings (SSSR count). The van der Waals surface area contributed by atoms with Gasteiger partial charge in [0.1, 0.15) is 12.5 Å². The van der Waals surface area contributed by atoms with E-state index in [1.54, 1.807) is 0 Å². The summed E-state index contributed by atoms with van der Waals surface area (Å²) in [6.45, 7) is 12.1. The van der Waals surface area contributed by atoms with Crippen LogP contribution in [-0.4, -0.2) is 35.0 Å². The molecule has 2 aliphatic heterocycles. The van der Waals surface area contributed by atoms with Crippen molar-refractivity contribution in [2.45, 2.75) is 60.4 Å². The van der Waals surface area contributed by atoms with E-state index in [2.05, 4.69) is 40.7 Å². The van der Waals surface area contributed by atoms with Crippen LogP contribution >= 0.6 is 0 Å². The molecule has 148 valence electrons. The average molecular weight is 373 g/mol. The maximum absolute atomic E-state index is 13.0. The Morgan fingerprint density at radius 2 is 2.04 bits per heavy atom. The quantitative estimate of drug-likeness (QED) is 0.710. The van der Waals surface area contributed by atoms with Crippen molar-refractivity contribution in [3.05, 3.63) is 29.3 Å². The van der Waals surface area contributed by atoms with Crippen molar-refractivity contribution in [2.24, 2.45) is 17.3 Å². The van der Waals surface area contributed by atoms with E-state index in [4.69, 9.17) is 4.74 Å². The van der Waals surface area contributed by atoms with E-state index < -0.39 is 0 Å². The third-order valence-electron chi connectivity index (χ3n) is 6.11. The van der Waals surface area contributed by atoms with Crippen molar-refractivity contribution in [2.75, 3.05) is 13.4 Å². The monoisotopic (exact) mass is 372 g/mol. The predicted octanol–water partition coefficient (Wildman–Crippen LogP) is 3.94. The topological polar surface area (TPSA) is 49.9 Å². The lowest BCUT2D eigenvalue weighted by atomic mass is 9.72. The molecule has 5 nitrogen and oxygen atoms in total. The van der Waals surface area contributed by atoms with Gasteiger partial charge < -0.3 is 4.74 Å². The van der Waals surface area contributed by atoms with E-state index in [0.29, 0.717) is 32.3 Å². The van der Waals surface area contributed by atoms with Crippen molar-refractivity contribution in [1.82, 2.24) is 9.80 Å². The fraction of sp³-hybridized carbons (Fsp3) is 0.636. The van der Waals surface area contributed by atoms with Gasteiger partial charge in [0.2, 0.25) is 11.8 Å². The number of hydrogen-bond acceptors (Lipinski definition) is 4. The molecule has 5 heteroatoms. The van der Waals surface area contributed by atoms with Crippen LogP contribution in [0.25, 0.3) is 0 Å². The molecule has 1 saturated heterocycles. The highest BCUT2D eigenvalue weighted by Gasteiger charge is 2.47. The van der Waals surface area contributed by atoms with Gasteiger partial charge in [-0.1, -0.05) is 51.8 Å². The zero-order valence-electron chi connectivity index (χ0n) is 17.2. The molecule has 1 fully saturated rings. The lowest BCUT2D eigenvalue weighted by molar-refractivity contribution is -0.144. The predicted molar refractivity (Wildman–Crippen MR) is 105 cm³/mol. The lowest BCUT2D eigenvalue weighted by Crippen LogP contribution is -2.45. The number of nitrogens with zero attached hydrogens (tertiary/aromatic N) is 2. The van der Waals surface area contributed by atoms with Gasteiger partial charge in [-0.2, -0.15) is 0 Å². The Balaban J connectivity index is 1.68. The highest BCUT2D eigenvalue weighted by Crippen LogP contribution is 2.41.